The first-order chi connectivity index (χ1) is 11.5. The number of rotatable bonds is 4. The van der Waals surface area contributed by atoms with Crippen molar-refractivity contribution in [3.8, 4) is 11.4 Å². The van der Waals surface area contributed by atoms with Crippen LogP contribution in [0.15, 0.2) is 29.4 Å². The van der Waals surface area contributed by atoms with E-state index >= 15 is 0 Å². The monoisotopic (exact) mass is 352 g/mol. The second kappa shape index (κ2) is 6.68. The lowest BCUT2D eigenvalue weighted by molar-refractivity contribution is -0.129. The quantitative estimate of drug-likeness (QED) is 0.897. The molecule has 7 nitrogen and oxygen atoms in total. The van der Waals surface area contributed by atoms with Crippen molar-refractivity contribution in [3.05, 3.63) is 30.1 Å². The molecule has 0 bridgehead atoms. The molecule has 0 unspecified atom stereocenters. The van der Waals surface area contributed by atoms with Crippen molar-refractivity contribution in [3.63, 3.8) is 0 Å². The fraction of sp³-hybridized carbons (Fsp3) is 0.400. The van der Waals surface area contributed by atoms with Gasteiger partial charge in [-0.25, -0.2) is 17.9 Å². The molecule has 1 aromatic heterocycles. The van der Waals surface area contributed by atoms with Gasteiger partial charge in [-0.2, -0.15) is 10.1 Å². The molecule has 2 heterocycles. The van der Waals surface area contributed by atoms with Crippen LogP contribution in [-0.4, -0.2) is 53.2 Å². The number of hydrogen-bond acceptors (Lipinski definition) is 5. The largest absolute Gasteiger partial charge is 0.342 e. The number of piperidine rings is 1. The molecule has 1 aliphatic rings. The number of sulfone groups is 1. The standard InChI is InChI=1S/C15H17FN4O3S/c16-12-7-3-2-6-11(12)14-17-15(19-18-14)24(22,23)10-13(21)20-8-4-1-5-9-20/h2-3,6-7H,1,4-5,8-10H2,(H,17,18,19). The fourth-order valence-electron chi connectivity index (χ4n) is 2.61. The third kappa shape index (κ3) is 3.45. The van der Waals surface area contributed by atoms with Crippen molar-refractivity contribution in [1.82, 2.24) is 20.1 Å². The Morgan fingerprint density at radius 1 is 1.21 bits per heavy atom. The number of carbonyl (C=O) groups excluding carboxylic acids is 1. The average molecular weight is 352 g/mol. The summed E-state index contributed by atoms with van der Waals surface area (Å²) in [5, 5.41) is 5.62. The lowest BCUT2D eigenvalue weighted by Gasteiger charge is -2.26. The van der Waals surface area contributed by atoms with Crippen molar-refractivity contribution in [2.45, 2.75) is 24.4 Å². The zero-order chi connectivity index (χ0) is 17.2. The van der Waals surface area contributed by atoms with Crippen LogP contribution in [-0.2, 0) is 14.6 Å². The predicted octanol–water partition coefficient (Wildman–Crippen LogP) is 1.40. The molecule has 0 saturated carbocycles. The molecule has 1 aromatic carbocycles. The highest BCUT2D eigenvalue weighted by atomic mass is 32.2. The van der Waals surface area contributed by atoms with Gasteiger partial charge < -0.3 is 4.90 Å². The lowest BCUT2D eigenvalue weighted by Crippen LogP contribution is -2.39. The van der Waals surface area contributed by atoms with Gasteiger partial charge in [0, 0.05) is 13.1 Å². The molecule has 0 aliphatic carbocycles. The van der Waals surface area contributed by atoms with E-state index in [9.17, 15) is 17.6 Å². The van der Waals surface area contributed by atoms with Crippen LogP contribution in [0.1, 0.15) is 19.3 Å². The Morgan fingerprint density at radius 3 is 2.62 bits per heavy atom. The van der Waals surface area contributed by atoms with Gasteiger partial charge in [0.15, 0.2) is 5.82 Å². The normalized spacial score (nSPS) is 15.5. The highest BCUT2D eigenvalue weighted by molar-refractivity contribution is 7.91. The highest BCUT2D eigenvalue weighted by Gasteiger charge is 2.27. The van der Waals surface area contributed by atoms with E-state index in [4.69, 9.17) is 0 Å². The number of halogens is 1. The second-order valence-electron chi connectivity index (χ2n) is 5.64. The smallest absolute Gasteiger partial charge is 0.244 e. The number of amides is 1. The number of H-pyrrole nitrogens is 1. The molecule has 1 fully saturated rings. The molecule has 128 valence electrons. The molecule has 0 atom stereocenters. The number of aromatic nitrogens is 3. The molecule has 3 rings (SSSR count). The van der Waals surface area contributed by atoms with Crippen LogP contribution in [0.25, 0.3) is 11.4 Å². The summed E-state index contributed by atoms with van der Waals surface area (Å²) in [5.74, 6) is -1.72. The van der Waals surface area contributed by atoms with E-state index in [-0.39, 0.29) is 11.4 Å². The number of carbonyl (C=O) groups is 1. The van der Waals surface area contributed by atoms with E-state index in [0.717, 1.165) is 19.3 Å². The number of nitrogens with zero attached hydrogens (tertiary/aromatic N) is 3. The summed E-state index contributed by atoms with van der Waals surface area (Å²) in [6.07, 6.45) is 2.81. The maximum atomic E-state index is 13.7. The van der Waals surface area contributed by atoms with Gasteiger partial charge in [-0.3, -0.25) is 4.79 Å². The summed E-state index contributed by atoms with van der Waals surface area (Å²) in [6, 6.07) is 5.80. The molecule has 0 spiro atoms. The minimum atomic E-state index is -3.95. The number of hydrogen-bond donors (Lipinski definition) is 1. The molecule has 0 radical (unpaired) electrons. The van der Waals surface area contributed by atoms with Crippen LogP contribution < -0.4 is 0 Å². The molecular weight excluding hydrogens is 335 g/mol. The van der Waals surface area contributed by atoms with Gasteiger partial charge in [0.25, 0.3) is 0 Å². The van der Waals surface area contributed by atoms with E-state index in [2.05, 4.69) is 15.2 Å². The Morgan fingerprint density at radius 2 is 1.92 bits per heavy atom. The zero-order valence-electron chi connectivity index (χ0n) is 12.9. The van der Waals surface area contributed by atoms with Gasteiger partial charge in [0.05, 0.1) is 5.56 Å². The van der Waals surface area contributed by atoms with E-state index in [1.54, 1.807) is 11.0 Å². The highest BCUT2D eigenvalue weighted by Crippen LogP contribution is 2.20. The Bertz CT molecular complexity index is 844. The van der Waals surface area contributed by atoms with E-state index in [1.165, 1.54) is 18.2 Å². The van der Waals surface area contributed by atoms with E-state index < -0.39 is 32.5 Å². The first-order valence-electron chi connectivity index (χ1n) is 7.65. The van der Waals surface area contributed by atoms with Crippen LogP contribution in [0.3, 0.4) is 0 Å². The molecule has 9 heteroatoms. The average Bonchev–Trinajstić information content (AvgIpc) is 3.06. The zero-order valence-corrected chi connectivity index (χ0v) is 13.7. The summed E-state index contributed by atoms with van der Waals surface area (Å²) >= 11 is 0. The predicted molar refractivity (Wildman–Crippen MR) is 84.3 cm³/mol. The summed E-state index contributed by atoms with van der Waals surface area (Å²) in [7, 11) is -3.95. The molecule has 1 aliphatic heterocycles. The minimum absolute atomic E-state index is 0.0582. The van der Waals surface area contributed by atoms with Gasteiger partial charge >= 0.3 is 0 Å². The maximum absolute atomic E-state index is 13.7. The molecule has 24 heavy (non-hydrogen) atoms. The van der Waals surface area contributed by atoms with E-state index in [1.807, 2.05) is 0 Å². The first kappa shape index (κ1) is 16.6. The summed E-state index contributed by atoms with van der Waals surface area (Å²) in [4.78, 5) is 17.5. The molecule has 1 N–H and O–H groups in total. The summed E-state index contributed by atoms with van der Waals surface area (Å²) in [6.45, 7) is 1.15. The van der Waals surface area contributed by atoms with Crippen LogP contribution in [0.5, 0.6) is 0 Å². The van der Waals surface area contributed by atoms with Crippen molar-refractivity contribution in [2.75, 3.05) is 18.8 Å². The Hall–Kier alpha value is -2.29. The van der Waals surface area contributed by atoms with Gasteiger partial charge in [-0.15, -0.1) is 0 Å². The third-order valence-corrected chi connectivity index (χ3v) is 5.30. The van der Waals surface area contributed by atoms with Gasteiger partial charge in [0.1, 0.15) is 11.6 Å². The van der Waals surface area contributed by atoms with Crippen LogP contribution in [0.4, 0.5) is 4.39 Å². The Kier molecular flexibility index (Phi) is 4.61. The lowest BCUT2D eigenvalue weighted by atomic mass is 10.1. The number of likely N-dealkylation sites (tertiary alicyclic amines) is 1. The number of benzene rings is 1. The van der Waals surface area contributed by atoms with E-state index in [0.29, 0.717) is 13.1 Å². The number of aromatic amines is 1. The molecule has 1 saturated heterocycles. The van der Waals surface area contributed by atoms with Crippen LogP contribution in [0, 0.1) is 5.82 Å². The maximum Gasteiger partial charge on any atom is 0.244 e. The Balaban J connectivity index is 1.78. The summed E-state index contributed by atoms with van der Waals surface area (Å²) < 4.78 is 38.4. The molecule has 2 aromatic rings. The van der Waals surface area contributed by atoms with Gasteiger partial charge in [0.2, 0.25) is 20.9 Å². The SMILES string of the molecule is O=C(CS(=O)(=O)c1nc(-c2ccccc2F)n[nH]1)N1CCCCC1. The third-order valence-electron chi connectivity index (χ3n) is 3.90. The first-order valence-corrected chi connectivity index (χ1v) is 9.30. The van der Waals surface area contributed by atoms with Gasteiger partial charge in [-0.1, -0.05) is 12.1 Å². The fourth-order valence-corrected chi connectivity index (χ4v) is 3.67. The van der Waals surface area contributed by atoms with Crippen molar-refractivity contribution in [2.24, 2.45) is 0 Å². The summed E-state index contributed by atoms with van der Waals surface area (Å²) in [5.41, 5.74) is 0.0950. The van der Waals surface area contributed by atoms with Crippen molar-refractivity contribution < 1.29 is 17.6 Å². The Labute approximate surface area is 138 Å². The topological polar surface area (TPSA) is 96.0 Å². The van der Waals surface area contributed by atoms with Crippen LogP contribution in [0.2, 0.25) is 0 Å². The molecular formula is C15H17FN4O3S. The van der Waals surface area contributed by atoms with Crippen molar-refractivity contribution >= 4 is 15.7 Å². The molecule has 1 amide bonds. The van der Waals surface area contributed by atoms with Crippen LogP contribution >= 0.6 is 0 Å². The van der Waals surface area contributed by atoms with Gasteiger partial charge in [-0.05, 0) is 31.4 Å². The van der Waals surface area contributed by atoms with Crippen molar-refractivity contribution in [1.29, 1.82) is 0 Å². The minimum Gasteiger partial charge on any atom is -0.342 e. The number of nitrogens with one attached hydrogen (secondary N) is 1. The second-order valence-corrected chi connectivity index (χ2v) is 7.55.